The summed E-state index contributed by atoms with van der Waals surface area (Å²) in [6.07, 6.45) is 0. The summed E-state index contributed by atoms with van der Waals surface area (Å²) in [7, 11) is -4.05. The number of aryl methyl sites for hydroxylation is 4. The fourth-order valence-corrected chi connectivity index (χ4v) is 11.9. The van der Waals surface area contributed by atoms with Crippen LogP contribution in [0.4, 0.5) is 0 Å². The van der Waals surface area contributed by atoms with Crippen molar-refractivity contribution in [2.75, 3.05) is 0 Å². The average molecular weight is 543 g/mol. The van der Waals surface area contributed by atoms with Gasteiger partial charge in [0.2, 0.25) is 0 Å². The van der Waals surface area contributed by atoms with Gasteiger partial charge in [-0.3, -0.25) is 0 Å². The van der Waals surface area contributed by atoms with Crippen LogP contribution in [0.25, 0.3) is 0 Å². The predicted molar refractivity (Wildman–Crippen MR) is 131 cm³/mol. The van der Waals surface area contributed by atoms with Gasteiger partial charge in [0.1, 0.15) is 0 Å². The molecule has 0 atom stereocenters. The Morgan fingerprint density at radius 1 is 0.839 bits per heavy atom. The first kappa shape index (κ1) is 21.6. The van der Waals surface area contributed by atoms with Crippen LogP contribution in [0.1, 0.15) is 38.2 Å². The summed E-state index contributed by atoms with van der Waals surface area (Å²) >= 11 is -2.88. The fraction of sp³-hybridized carbons (Fsp3) is 0.160. The molecule has 1 amide bonds. The number of carbonyl (C=O) groups excluding carboxylic acids is 1. The molecule has 0 saturated heterocycles. The Morgan fingerprint density at radius 3 is 2.13 bits per heavy atom. The molecular weight excluding hydrogens is 521 g/mol. The van der Waals surface area contributed by atoms with E-state index < -0.39 is 36.0 Å². The molecule has 0 unspecified atom stereocenters. The van der Waals surface area contributed by atoms with E-state index in [1.54, 1.807) is 19.9 Å². The zero-order chi connectivity index (χ0) is 22.3. The number of hydrogen-bond donors (Lipinski definition) is 0. The molecule has 0 aromatic heterocycles. The minimum atomic E-state index is -4.05. The molecule has 6 heteroatoms. The number of halogens is 1. The molecule has 1 aliphatic heterocycles. The Balaban J connectivity index is 1.91. The van der Waals surface area contributed by atoms with Crippen LogP contribution in [-0.4, -0.2) is 16.8 Å². The summed E-state index contributed by atoms with van der Waals surface area (Å²) in [6, 6.07) is 18.7. The number of fused-ring (bicyclic) bond motifs is 1. The molecule has 0 fully saturated rings. The van der Waals surface area contributed by atoms with Gasteiger partial charge in [0.15, 0.2) is 0 Å². The van der Waals surface area contributed by atoms with Crippen molar-refractivity contribution in [3.05, 3.63) is 97.6 Å². The van der Waals surface area contributed by atoms with Gasteiger partial charge in [-0.25, -0.2) is 0 Å². The third kappa shape index (κ3) is 3.88. The Kier molecular flexibility index (Phi) is 5.67. The van der Waals surface area contributed by atoms with Gasteiger partial charge >= 0.3 is 192 Å². The van der Waals surface area contributed by atoms with Crippen molar-refractivity contribution in [3.63, 3.8) is 0 Å². The normalized spacial score (nSPS) is 14.3. The summed E-state index contributed by atoms with van der Waals surface area (Å²) in [5, 5.41) is 0. The van der Waals surface area contributed by atoms with Crippen molar-refractivity contribution < 1.29 is 13.2 Å². The number of nitrogens with zero attached hydrogens (tertiary/aromatic N) is 1. The zero-order valence-corrected chi connectivity index (χ0v) is 20.7. The van der Waals surface area contributed by atoms with E-state index in [-0.39, 0.29) is 4.90 Å². The third-order valence-corrected chi connectivity index (χ3v) is 13.4. The third-order valence-electron chi connectivity index (χ3n) is 4.99. The van der Waals surface area contributed by atoms with Crippen molar-refractivity contribution in [1.82, 2.24) is 2.52 Å². The van der Waals surface area contributed by atoms with E-state index in [2.05, 4.69) is 9.85 Å². The Bertz CT molecular complexity index is 1350. The first-order chi connectivity index (χ1) is 14.7. The van der Waals surface area contributed by atoms with E-state index in [4.69, 9.17) is 0 Å². The molecule has 158 valence electrons. The second-order valence-electron chi connectivity index (χ2n) is 7.59. The van der Waals surface area contributed by atoms with Crippen LogP contribution in [0.5, 0.6) is 0 Å². The topological polar surface area (TPSA) is 54.5 Å². The van der Waals surface area contributed by atoms with Crippen LogP contribution in [0, 0.1) is 41.1 Å². The van der Waals surface area contributed by atoms with Gasteiger partial charge in [-0.1, -0.05) is 0 Å². The van der Waals surface area contributed by atoms with Crippen LogP contribution in [0.3, 0.4) is 0 Å². The van der Waals surface area contributed by atoms with Crippen LogP contribution < -0.4 is 0 Å². The number of sulfonamides is 1. The SMILES string of the molecule is Cc1cc(C)c(S(=O)(=O)N2C(=O)c3cc(C)ccc3I2C#Cc2ccccc2)c(C)c1. The minimum absolute atomic E-state index is 0.208. The van der Waals surface area contributed by atoms with Gasteiger partial charge in [-0.2, -0.15) is 0 Å². The summed E-state index contributed by atoms with van der Waals surface area (Å²) in [4.78, 5) is 13.6. The fourth-order valence-electron chi connectivity index (χ4n) is 3.78. The van der Waals surface area contributed by atoms with Crippen LogP contribution >= 0.6 is 20.1 Å². The molecule has 0 radical (unpaired) electrons. The van der Waals surface area contributed by atoms with E-state index in [1.807, 2.05) is 68.4 Å². The molecule has 0 saturated carbocycles. The van der Waals surface area contributed by atoms with Crippen molar-refractivity contribution in [1.29, 1.82) is 0 Å². The van der Waals surface area contributed by atoms with Crippen molar-refractivity contribution in [2.45, 2.75) is 32.6 Å². The number of rotatable bonds is 2. The molecule has 4 rings (SSSR count). The molecule has 0 aliphatic carbocycles. The number of benzene rings is 3. The second-order valence-corrected chi connectivity index (χ2v) is 14.1. The zero-order valence-electron chi connectivity index (χ0n) is 17.7. The van der Waals surface area contributed by atoms with Crippen LogP contribution in [0.2, 0.25) is 0 Å². The number of amides is 1. The molecule has 3 aromatic rings. The maximum atomic E-state index is 13.8. The number of hydrogen-bond acceptors (Lipinski definition) is 3. The van der Waals surface area contributed by atoms with Gasteiger partial charge in [0.05, 0.1) is 0 Å². The molecule has 3 aromatic carbocycles. The quantitative estimate of drug-likeness (QED) is 0.248. The van der Waals surface area contributed by atoms with Gasteiger partial charge in [-0.05, 0) is 0 Å². The molecule has 1 heterocycles. The summed E-state index contributed by atoms with van der Waals surface area (Å²) in [5.41, 5.74) is 4.45. The molecule has 1 aliphatic rings. The molecule has 31 heavy (non-hydrogen) atoms. The molecular formula is C25H22INO3S. The summed E-state index contributed by atoms with van der Waals surface area (Å²) in [6.45, 7) is 7.38. The standard InChI is InChI=1S/C25H22INO3S/c1-17-10-11-23-22(16-17)25(28)27(26(23)13-12-21-8-6-5-7-9-21)31(29,30)24-19(3)14-18(2)15-20(24)4/h5-11,14-16H,1-4H3. The Labute approximate surface area is 191 Å². The monoisotopic (exact) mass is 543 g/mol. The van der Waals surface area contributed by atoms with Gasteiger partial charge in [0.25, 0.3) is 0 Å². The number of carbonyl (C=O) groups is 1. The van der Waals surface area contributed by atoms with E-state index in [0.717, 1.165) is 22.8 Å². The molecule has 0 spiro atoms. The summed E-state index contributed by atoms with van der Waals surface area (Å²) in [5.74, 6) is 2.65. The molecule has 0 bridgehead atoms. The van der Waals surface area contributed by atoms with Crippen molar-refractivity contribution in [3.8, 4) is 9.85 Å². The first-order valence-electron chi connectivity index (χ1n) is 9.75. The molecule has 0 N–H and O–H groups in total. The Hall–Kier alpha value is -2.63. The van der Waals surface area contributed by atoms with E-state index in [9.17, 15) is 13.2 Å². The second kappa shape index (κ2) is 8.13. The van der Waals surface area contributed by atoms with Gasteiger partial charge < -0.3 is 0 Å². The van der Waals surface area contributed by atoms with Crippen molar-refractivity contribution >= 4 is 36.0 Å². The first-order valence-corrected chi connectivity index (χ1v) is 14.3. The summed E-state index contributed by atoms with van der Waals surface area (Å²) < 4.78 is 32.8. The van der Waals surface area contributed by atoms with Gasteiger partial charge in [-0.15, -0.1) is 0 Å². The van der Waals surface area contributed by atoms with E-state index in [1.165, 1.54) is 0 Å². The van der Waals surface area contributed by atoms with Crippen LogP contribution in [0.15, 0.2) is 65.6 Å². The maximum absolute atomic E-state index is 13.8. The average Bonchev–Trinajstić information content (AvgIpc) is 2.98. The van der Waals surface area contributed by atoms with E-state index >= 15 is 0 Å². The van der Waals surface area contributed by atoms with E-state index in [0.29, 0.717) is 16.7 Å². The molecule has 4 nitrogen and oxygen atoms in total. The predicted octanol–water partition coefficient (Wildman–Crippen LogP) is 5.37. The van der Waals surface area contributed by atoms with Crippen LogP contribution in [-0.2, 0) is 10.0 Å². The van der Waals surface area contributed by atoms with Crippen molar-refractivity contribution in [2.24, 2.45) is 0 Å². The van der Waals surface area contributed by atoms with Gasteiger partial charge in [0, 0.05) is 0 Å². The Morgan fingerprint density at radius 2 is 1.48 bits per heavy atom.